The van der Waals surface area contributed by atoms with Gasteiger partial charge in [-0.05, 0) is 68.5 Å². The molecular weight excluding hydrogens is 226 g/mol. The third-order valence-electron chi connectivity index (χ3n) is 4.21. The van der Waals surface area contributed by atoms with Crippen molar-refractivity contribution in [1.29, 1.82) is 0 Å². The van der Waals surface area contributed by atoms with E-state index in [1.165, 1.54) is 29.5 Å². The molecule has 0 atom stereocenters. The highest BCUT2D eigenvalue weighted by Gasteiger charge is 2.23. The summed E-state index contributed by atoms with van der Waals surface area (Å²) in [5, 5.41) is 3.42. The van der Waals surface area contributed by atoms with E-state index in [1.54, 1.807) is 0 Å². The van der Waals surface area contributed by atoms with Gasteiger partial charge in [-0.1, -0.05) is 0 Å². The first-order valence-electron chi connectivity index (χ1n) is 6.88. The molecule has 3 rings (SSSR count). The van der Waals surface area contributed by atoms with Crippen molar-refractivity contribution < 1.29 is 9.47 Å². The van der Waals surface area contributed by atoms with Crippen molar-refractivity contribution in [3.8, 4) is 11.5 Å². The fourth-order valence-corrected chi connectivity index (χ4v) is 3.03. The lowest BCUT2D eigenvalue weighted by atomic mass is 9.85. The number of fused-ring (bicyclic) bond motifs is 1. The molecule has 0 aromatic heterocycles. The fraction of sp³-hybridized carbons (Fsp3) is 0.600. The van der Waals surface area contributed by atoms with Crippen molar-refractivity contribution in [2.24, 2.45) is 0 Å². The summed E-state index contributed by atoms with van der Waals surface area (Å²) in [6.07, 6.45) is 2.44. The number of ether oxygens (including phenoxy) is 2. The zero-order valence-corrected chi connectivity index (χ0v) is 11.2. The maximum Gasteiger partial charge on any atom is 0.164 e. The summed E-state index contributed by atoms with van der Waals surface area (Å²) in [5.41, 5.74) is 4.09. The molecule has 18 heavy (non-hydrogen) atoms. The standard InChI is InChI=1S/C15H21NO2/c1-10-11(2)15-14(17-7-8-18-15)9-13(10)12-3-5-16-6-4-12/h9,12,16H,3-8H2,1-2H3. The first-order valence-corrected chi connectivity index (χ1v) is 6.88. The lowest BCUT2D eigenvalue weighted by molar-refractivity contribution is 0.170. The van der Waals surface area contributed by atoms with Crippen molar-refractivity contribution >= 4 is 0 Å². The largest absolute Gasteiger partial charge is 0.486 e. The monoisotopic (exact) mass is 247 g/mol. The summed E-state index contributed by atoms with van der Waals surface area (Å²) >= 11 is 0. The van der Waals surface area contributed by atoms with Crippen LogP contribution >= 0.6 is 0 Å². The van der Waals surface area contributed by atoms with Gasteiger partial charge in [-0.3, -0.25) is 0 Å². The first-order chi connectivity index (χ1) is 8.77. The minimum absolute atomic E-state index is 0.667. The number of piperidine rings is 1. The van der Waals surface area contributed by atoms with Crippen molar-refractivity contribution in [3.63, 3.8) is 0 Å². The van der Waals surface area contributed by atoms with Gasteiger partial charge in [-0.25, -0.2) is 0 Å². The van der Waals surface area contributed by atoms with Gasteiger partial charge in [0.05, 0.1) is 0 Å². The zero-order valence-electron chi connectivity index (χ0n) is 11.2. The predicted octanol–water partition coefficient (Wildman–Crippen LogP) is 2.54. The molecule has 98 valence electrons. The first kappa shape index (κ1) is 11.8. The second-order valence-electron chi connectivity index (χ2n) is 5.26. The summed E-state index contributed by atoms with van der Waals surface area (Å²) in [6, 6.07) is 2.22. The molecule has 2 aliphatic rings. The summed E-state index contributed by atoms with van der Waals surface area (Å²) in [6.45, 7) is 7.94. The summed E-state index contributed by atoms with van der Waals surface area (Å²) in [4.78, 5) is 0. The molecule has 1 aromatic carbocycles. The smallest absolute Gasteiger partial charge is 0.164 e. The molecule has 2 heterocycles. The number of nitrogens with one attached hydrogen (secondary N) is 1. The molecule has 3 heteroatoms. The Bertz CT molecular complexity index is 450. The van der Waals surface area contributed by atoms with Crippen LogP contribution in [0.1, 0.15) is 35.4 Å². The number of rotatable bonds is 1. The highest BCUT2D eigenvalue weighted by atomic mass is 16.6. The lowest BCUT2D eigenvalue weighted by Crippen LogP contribution is -2.27. The van der Waals surface area contributed by atoms with Crippen LogP contribution < -0.4 is 14.8 Å². The second kappa shape index (κ2) is 4.81. The lowest BCUT2D eigenvalue weighted by Gasteiger charge is -2.28. The second-order valence-corrected chi connectivity index (χ2v) is 5.26. The fourth-order valence-electron chi connectivity index (χ4n) is 3.03. The maximum absolute atomic E-state index is 5.75. The van der Waals surface area contributed by atoms with Crippen LogP contribution in [0, 0.1) is 13.8 Å². The Hall–Kier alpha value is -1.22. The van der Waals surface area contributed by atoms with E-state index in [2.05, 4.69) is 25.2 Å². The Morgan fingerprint density at radius 3 is 2.56 bits per heavy atom. The molecule has 0 unspecified atom stereocenters. The van der Waals surface area contributed by atoms with Crippen molar-refractivity contribution in [2.45, 2.75) is 32.6 Å². The molecule has 1 N–H and O–H groups in total. The average molecular weight is 247 g/mol. The molecule has 1 fully saturated rings. The molecule has 0 amide bonds. The van der Waals surface area contributed by atoms with Crippen molar-refractivity contribution in [2.75, 3.05) is 26.3 Å². The topological polar surface area (TPSA) is 30.5 Å². The number of hydrogen-bond donors (Lipinski definition) is 1. The van der Waals surface area contributed by atoms with Gasteiger partial charge in [0.15, 0.2) is 11.5 Å². The minimum Gasteiger partial charge on any atom is -0.486 e. The summed E-state index contributed by atoms with van der Waals surface area (Å²) < 4.78 is 11.5. The Morgan fingerprint density at radius 1 is 1.06 bits per heavy atom. The molecule has 0 aliphatic carbocycles. The molecule has 0 radical (unpaired) electrons. The van der Waals surface area contributed by atoms with E-state index >= 15 is 0 Å². The molecular formula is C15H21NO2. The van der Waals surface area contributed by atoms with Gasteiger partial charge in [-0.2, -0.15) is 0 Å². The van der Waals surface area contributed by atoms with Crippen LogP contribution in [0.3, 0.4) is 0 Å². The molecule has 1 saturated heterocycles. The molecule has 2 aliphatic heterocycles. The van der Waals surface area contributed by atoms with Gasteiger partial charge in [0.25, 0.3) is 0 Å². The molecule has 0 bridgehead atoms. The van der Waals surface area contributed by atoms with Crippen LogP contribution in [-0.4, -0.2) is 26.3 Å². The van der Waals surface area contributed by atoms with Gasteiger partial charge >= 0.3 is 0 Å². The highest BCUT2D eigenvalue weighted by Crippen LogP contribution is 2.41. The van der Waals surface area contributed by atoms with Gasteiger partial charge in [0.2, 0.25) is 0 Å². The van der Waals surface area contributed by atoms with Gasteiger partial charge in [-0.15, -0.1) is 0 Å². The Labute approximate surface area is 108 Å². The van der Waals surface area contributed by atoms with Crippen molar-refractivity contribution in [3.05, 3.63) is 22.8 Å². The van der Waals surface area contributed by atoms with E-state index in [4.69, 9.17) is 9.47 Å². The Balaban J connectivity index is 2.01. The van der Waals surface area contributed by atoms with E-state index in [-0.39, 0.29) is 0 Å². The van der Waals surface area contributed by atoms with Gasteiger partial charge in [0.1, 0.15) is 13.2 Å². The van der Waals surface area contributed by atoms with Crippen LogP contribution in [0.5, 0.6) is 11.5 Å². The minimum atomic E-state index is 0.667. The third-order valence-corrected chi connectivity index (χ3v) is 4.21. The van der Waals surface area contributed by atoms with Crippen molar-refractivity contribution in [1.82, 2.24) is 5.32 Å². The van der Waals surface area contributed by atoms with E-state index in [0.717, 1.165) is 24.6 Å². The maximum atomic E-state index is 5.75. The Kier molecular flexibility index (Phi) is 3.16. The quantitative estimate of drug-likeness (QED) is 0.827. The zero-order chi connectivity index (χ0) is 12.5. The van der Waals surface area contributed by atoms with Crippen LogP contribution in [0.15, 0.2) is 6.07 Å². The summed E-state index contributed by atoms with van der Waals surface area (Å²) in [5.74, 6) is 2.56. The van der Waals surface area contributed by atoms with Crippen LogP contribution in [0.25, 0.3) is 0 Å². The normalized spacial score (nSPS) is 19.9. The average Bonchev–Trinajstić information content (AvgIpc) is 2.44. The van der Waals surface area contributed by atoms with E-state index in [0.29, 0.717) is 19.1 Å². The number of hydrogen-bond acceptors (Lipinski definition) is 3. The van der Waals surface area contributed by atoms with Crippen LogP contribution in [0.4, 0.5) is 0 Å². The molecule has 1 aromatic rings. The van der Waals surface area contributed by atoms with E-state index < -0.39 is 0 Å². The highest BCUT2D eigenvalue weighted by molar-refractivity contribution is 5.55. The Morgan fingerprint density at radius 2 is 1.78 bits per heavy atom. The molecule has 0 spiro atoms. The third kappa shape index (κ3) is 1.97. The van der Waals surface area contributed by atoms with Gasteiger partial charge in [0, 0.05) is 0 Å². The van der Waals surface area contributed by atoms with E-state index in [9.17, 15) is 0 Å². The van der Waals surface area contributed by atoms with Crippen LogP contribution in [-0.2, 0) is 0 Å². The SMILES string of the molecule is Cc1c(C2CCNCC2)cc2c(c1C)OCCO2. The van der Waals surface area contributed by atoms with Crippen LogP contribution in [0.2, 0.25) is 0 Å². The molecule has 3 nitrogen and oxygen atoms in total. The number of benzene rings is 1. The van der Waals surface area contributed by atoms with Gasteiger partial charge < -0.3 is 14.8 Å². The molecule has 0 saturated carbocycles. The summed E-state index contributed by atoms with van der Waals surface area (Å²) in [7, 11) is 0. The predicted molar refractivity (Wildman–Crippen MR) is 71.8 cm³/mol. The van der Waals surface area contributed by atoms with E-state index in [1.807, 2.05) is 0 Å².